The standard InChI is InChI=1S/C17H16ClF2N5OS/c1-16(8-17(19,20)9-16)24-27-12-7-25(2)14(13(12)18)15(26)23-10-3-4-22-11(5-10)6-21/h3-5,7,24H,8-9H2,1-2H3,(H,22,23,26). The highest BCUT2D eigenvalue weighted by Crippen LogP contribution is 2.47. The van der Waals surface area contributed by atoms with Crippen LogP contribution in [0.4, 0.5) is 14.5 Å². The Morgan fingerprint density at radius 1 is 1.48 bits per heavy atom. The van der Waals surface area contributed by atoms with E-state index in [-0.39, 0.29) is 29.3 Å². The predicted octanol–water partition coefficient (Wildman–Crippen LogP) is 3.98. The summed E-state index contributed by atoms with van der Waals surface area (Å²) in [6.45, 7) is 1.72. The molecule has 0 saturated heterocycles. The second kappa shape index (κ2) is 7.11. The number of carbonyl (C=O) groups excluding carboxylic acids is 1. The molecule has 27 heavy (non-hydrogen) atoms. The number of alkyl halides is 2. The molecule has 142 valence electrons. The molecule has 2 aromatic heterocycles. The first-order valence-corrected chi connectivity index (χ1v) is 9.16. The van der Waals surface area contributed by atoms with Crippen LogP contribution < -0.4 is 10.0 Å². The summed E-state index contributed by atoms with van der Waals surface area (Å²) < 4.78 is 30.8. The normalized spacial score (nSPS) is 17.0. The van der Waals surface area contributed by atoms with Crippen LogP contribution in [0.2, 0.25) is 5.02 Å². The molecule has 1 saturated carbocycles. The summed E-state index contributed by atoms with van der Waals surface area (Å²) >= 11 is 7.47. The van der Waals surface area contributed by atoms with Gasteiger partial charge in [0.05, 0.1) is 9.92 Å². The highest BCUT2D eigenvalue weighted by atomic mass is 35.5. The minimum absolute atomic E-state index is 0.178. The molecule has 1 amide bonds. The van der Waals surface area contributed by atoms with E-state index in [0.29, 0.717) is 10.6 Å². The predicted molar refractivity (Wildman–Crippen MR) is 98.9 cm³/mol. The van der Waals surface area contributed by atoms with Crippen molar-refractivity contribution >= 4 is 35.1 Å². The molecule has 1 fully saturated rings. The number of nitriles is 1. The lowest BCUT2D eigenvalue weighted by atomic mass is 9.76. The molecule has 0 spiro atoms. The van der Waals surface area contributed by atoms with Crippen molar-refractivity contribution in [3.8, 4) is 6.07 Å². The molecule has 2 heterocycles. The third kappa shape index (κ3) is 4.24. The van der Waals surface area contributed by atoms with Crippen LogP contribution in [0, 0.1) is 11.3 Å². The highest BCUT2D eigenvalue weighted by molar-refractivity contribution is 7.97. The van der Waals surface area contributed by atoms with Crippen molar-refractivity contribution in [3.63, 3.8) is 0 Å². The molecule has 0 atom stereocenters. The first-order chi connectivity index (χ1) is 12.6. The van der Waals surface area contributed by atoms with Crippen LogP contribution in [0.5, 0.6) is 0 Å². The van der Waals surface area contributed by atoms with Crippen LogP contribution in [0.1, 0.15) is 35.9 Å². The average Bonchev–Trinajstić information content (AvgIpc) is 2.85. The second-order valence-electron chi connectivity index (χ2n) is 6.74. The summed E-state index contributed by atoms with van der Waals surface area (Å²) in [6, 6.07) is 4.90. The van der Waals surface area contributed by atoms with Crippen LogP contribution in [-0.2, 0) is 7.05 Å². The Hall–Kier alpha value is -2.15. The van der Waals surface area contributed by atoms with E-state index in [1.165, 1.54) is 12.3 Å². The van der Waals surface area contributed by atoms with E-state index in [4.69, 9.17) is 16.9 Å². The zero-order valence-corrected chi connectivity index (χ0v) is 16.1. The molecule has 0 radical (unpaired) electrons. The van der Waals surface area contributed by atoms with Crippen LogP contribution in [-0.4, -0.2) is 26.9 Å². The molecule has 0 aromatic carbocycles. The fourth-order valence-corrected chi connectivity index (χ4v) is 4.28. The molecule has 2 aromatic rings. The summed E-state index contributed by atoms with van der Waals surface area (Å²) in [4.78, 5) is 17.0. The maximum atomic E-state index is 13.1. The number of pyridine rings is 1. The number of anilines is 1. The van der Waals surface area contributed by atoms with Crippen molar-refractivity contribution in [3.05, 3.63) is 40.9 Å². The van der Waals surface area contributed by atoms with Gasteiger partial charge in [0, 0.05) is 43.5 Å². The van der Waals surface area contributed by atoms with Gasteiger partial charge in [0.1, 0.15) is 17.5 Å². The van der Waals surface area contributed by atoms with Crippen molar-refractivity contribution in [2.45, 2.75) is 36.1 Å². The van der Waals surface area contributed by atoms with Crippen molar-refractivity contribution in [1.82, 2.24) is 14.3 Å². The van der Waals surface area contributed by atoms with Gasteiger partial charge in [-0.25, -0.2) is 13.8 Å². The number of aryl methyl sites for hydroxylation is 1. The van der Waals surface area contributed by atoms with Gasteiger partial charge in [0.2, 0.25) is 0 Å². The van der Waals surface area contributed by atoms with E-state index < -0.39 is 17.4 Å². The third-order valence-electron chi connectivity index (χ3n) is 4.14. The number of carbonyl (C=O) groups is 1. The highest BCUT2D eigenvalue weighted by Gasteiger charge is 2.53. The summed E-state index contributed by atoms with van der Waals surface area (Å²) in [7, 11) is 1.66. The number of rotatable bonds is 5. The minimum Gasteiger partial charge on any atom is -0.344 e. The molecule has 1 aliphatic rings. The monoisotopic (exact) mass is 411 g/mol. The van der Waals surface area contributed by atoms with E-state index in [0.717, 1.165) is 11.9 Å². The van der Waals surface area contributed by atoms with Gasteiger partial charge in [-0.05, 0) is 31.0 Å². The topological polar surface area (TPSA) is 82.7 Å². The van der Waals surface area contributed by atoms with Crippen LogP contribution in [0.25, 0.3) is 0 Å². The first kappa shape index (κ1) is 19.6. The van der Waals surface area contributed by atoms with Crippen LogP contribution >= 0.6 is 23.5 Å². The Bertz CT molecular complexity index is 932. The Morgan fingerprint density at radius 2 is 2.19 bits per heavy atom. The van der Waals surface area contributed by atoms with E-state index in [9.17, 15) is 13.6 Å². The lowest BCUT2D eigenvalue weighted by molar-refractivity contribution is -0.120. The lowest BCUT2D eigenvalue weighted by Gasteiger charge is -2.44. The minimum atomic E-state index is -2.64. The number of hydrogen-bond donors (Lipinski definition) is 2. The molecule has 1 aliphatic carbocycles. The van der Waals surface area contributed by atoms with E-state index in [1.54, 1.807) is 30.8 Å². The van der Waals surface area contributed by atoms with Crippen molar-refractivity contribution in [1.29, 1.82) is 5.26 Å². The summed E-state index contributed by atoms with van der Waals surface area (Å²) in [5.41, 5.74) is 0.137. The summed E-state index contributed by atoms with van der Waals surface area (Å²) in [5, 5.41) is 11.8. The van der Waals surface area contributed by atoms with Gasteiger partial charge in [0.25, 0.3) is 11.8 Å². The maximum Gasteiger partial charge on any atom is 0.273 e. The Morgan fingerprint density at radius 3 is 2.81 bits per heavy atom. The van der Waals surface area contributed by atoms with Crippen molar-refractivity contribution in [2.75, 3.05) is 5.32 Å². The van der Waals surface area contributed by atoms with Gasteiger partial charge < -0.3 is 9.88 Å². The Labute approximate surface area is 164 Å². The molecular formula is C17H16ClF2N5OS. The quantitative estimate of drug-likeness (QED) is 0.727. The molecule has 3 rings (SSSR count). The van der Waals surface area contributed by atoms with Gasteiger partial charge in [-0.1, -0.05) is 11.6 Å². The zero-order chi connectivity index (χ0) is 19.8. The van der Waals surface area contributed by atoms with Crippen LogP contribution in [0.15, 0.2) is 29.4 Å². The molecule has 10 heteroatoms. The zero-order valence-electron chi connectivity index (χ0n) is 14.5. The number of nitrogens with zero attached hydrogens (tertiary/aromatic N) is 3. The van der Waals surface area contributed by atoms with Gasteiger partial charge in [-0.2, -0.15) is 5.26 Å². The fourth-order valence-electron chi connectivity index (χ4n) is 3.00. The average molecular weight is 412 g/mol. The van der Waals surface area contributed by atoms with Crippen molar-refractivity contribution in [2.24, 2.45) is 7.05 Å². The lowest BCUT2D eigenvalue weighted by Crippen LogP contribution is -2.56. The Balaban J connectivity index is 1.71. The smallest absolute Gasteiger partial charge is 0.273 e. The molecule has 0 bridgehead atoms. The molecular weight excluding hydrogens is 396 g/mol. The van der Waals surface area contributed by atoms with Crippen molar-refractivity contribution < 1.29 is 13.6 Å². The van der Waals surface area contributed by atoms with E-state index in [1.807, 2.05) is 6.07 Å². The van der Waals surface area contributed by atoms with E-state index >= 15 is 0 Å². The SMILES string of the molecule is Cn1cc(SNC2(C)CC(F)(F)C2)c(Cl)c1C(=O)Nc1ccnc(C#N)c1. The molecule has 2 N–H and O–H groups in total. The number of halogens is 3. The number of hydrogen-bond acceptors (Lipinski definition) is 5. The molecule has 0 aliphatic heterocycles. The van der Waals surface area contributed by atoms with E-state index in [2.05, 4.69) is 15.0 Å². The fraction of sp³-hybridized carbons (Fsp3) is 0.353. The first-order valence-electron chi connectivity index (χ1n) is 7.97. The summed E-state index contributed by atoms with van der Waals surface area (Å²) in [6.07, 6.45) is 2.59. The number of aromatic nitrogens is 2. The van der Waals surface area contributed by atoms with Gasteiger partial charge >= 0.3 is 0 Å². The van der Waals surface area contributed by atoms with Gasteiger partial charge in [0.15, 0.2) is 0 Å². The third-order valence-corrected chi connectivity index (χ3v) is 5.76. The summed E-state index contributed by atoms with van der Waals surface area (Å²) in [5.74, 6) is -3.09. The maximum absolute atomic E-state index is 13.1. The number of nitrogens with one attached hydrogen (secondary N) is 2. The van der Waals surface area contributed by atoms with Crippen LogP contribution in [0.3, 0.4) is 0 Å². The Kier molecular flexibility index (Phi) is 5.16. The largest absolute Gasteiger partial charge is 0.344 e. The van der Waals surface area contributed by atoms with Gasteiger partial charge in [-0.15, -0.1) is 0 Å². The second-order valence-corrected chi connectivity index (χ2v) is 7.96. The van der Waals surface area contributed by atoms with Gasteiger partial charge in [-0.3, -0.25) is 9.52 Å². The molecule has 6 nitrogen and oxygen atoms in total. The molecule has 0 unspecified atom stereocenters. The number of amides is 1.